The summed E-state index contributed by atoms with van der Waals surface area (Å²) in [6.07, 6.45) is 5.46. The molecular formula is C23H24ClN3O5S. The average molecular weight is 490 g/mol. The van der Waals surface area contributed by atoms with Crippen molar-refractivity contribution in [1.29, 1.82) is 0 Å². The monoisotopic (exact) mass is 489 g/mol. The van der Waals surface area contributed by atoms with E-state index in [4.69, 9.17) is 20.5 Å². The smallest absolute Gasteiger partial charge is 0.248 e. The number of sulfonamides is 1. The molecule has 1 N–H and O–H groups in total. The molecule has 1 saturated heterocycles. The number of aryl methyl sites for hydroxylation is 2. The summed E-state index contributed by atoms with van der Waals surface area (Å²) in [4.78, 5) is 12.7. The van der Waals surface area contributed by atoms with E-state index >= 15 is 0 Å². The molecule has 10 heteroatoms. The molecule has 2 aromatic heterocycles. The van der Waals surface area contributed by atoms with Crippen molar-refractivity contribution >= 4 is 45.4 Å². The lowest BCUT2D eigenvalue weighted by Crippen LogP contribution is -2.41. The van der Waals surface area contributed by atoms with Gasteiger partial charge in [-0.05, 0) is 68.7 Å². The van der Waals surface area contributed by atoms with Gasteiger partial charge in [-0.15, -0.1) is 0 Å². The van der Waals surface area contributed by atoms with Crippen molar-refractivity contribution in [2.75, 3.05) is 18.4 Å². The highest BCUT2D eigenvalue weighted by Gasteiger charge is 2.36. The first-order valence-electron chi connectivity index (χ1n) is 10.5. The molecule has 1 aliphatic heterocycles. The van der Waals surface area contributed by atoms with Gasteiger partial charge in [0.05, 0.1) is 17.0 Å². The van der Waals surface area contributed by atoms with Gasteiger partial charge in [0, 0.05) is 19.0 Å². The minimum Gasteiger partial charge on any atom is -0.465 e. The van der Waals surface area contributed by atoms with Gasteiger partial charge in [0.2, 0.25) is 15.9 Å². The SMILES string of the molecule is Cc1ccc(NC(=O)C2CCN(S(=O)(=O)c3c(C)noc3/C=C/c3ccco3)CC2)c(Cl)c1. The molecular weight excluding hydrogens is 466 g/mol. The van der Waals surface area contributed by atoms with Crippen molar-refractivity contribution in [3.63, 3.8) is 0 Å². The lowest BCUT2D eigenvalue weighted by molar-refractivity contribution is -0.120. The first-order valence-corrected chi connectivity index (χ1v) is 12.3. The van der Waals surface area contributed by atoms with E-state index in [2.05, 4.69) is 10.5 Å². The molecule has 1 aromatic carbocycles. The van der Waals surface area contributed by atoms with Crippen molar-refractivity contribution in [2.24, 2.45) is 5.92 Å². The van der Waals surface area contributed by atoms with Crippen LogP contribution in [0.25, 0.3) is 12.2 Å². The van der Waals surface area contributed by atoms with Gasteiger partial charge in [-0.25, -0.2) is 8.42 Å². The first-order chi connectivity index (χ1) is 15.8. The minimum absolute atomic E-state index is 0.0274. The number of rotatable bonds is 6. The largest absolute Gasteiger partial charge is 0.465 e. The summed E-state index contributed by atoms with van der Waals surface area (Å²) < 4.78 is 38.6. The highest BCUT2D eigenvalue weighted by Crippen LogP contribution is 2.30. The molecule has 33 heavy (non-hydrogen) atoms. The van der Waals surface area contributed by atoms with Gasteiger partial charge < -0.3 is 14.3 Å². The standard InChI is InChI=1S/C23H24ClN3O5S/c1-15-5-7-20(19(24)14-15)25-23(28)17-9-11-27(12-10-17)33(29,30)22-16(2)26-32-21(22)8-6-18-4-3-13-31-18/h3-8,13-14,17H,9-12H2,1-2H3,(H,25,28)/b8-6+. The molecule has 1 aliphatic rings. The number of hydrogen-bond acceptors (Lipinski definition) is 6. The van der Waals surface area contributed by atoms with Crippen molar-refractivity contribution < 1.29 is 22.2 Å². The normalized spacial score (nSPS) is 15.8. The number of halogens is 1. The van der Waals surface area contributed by atoms with Crippen LogP contribution in [0.3, 0.4) is 0 Å². The van der Waals surface area contributed by atoms with Crippen LogP contribution in [0.2, 0.25) is 5.02 Å². The van der Waals surface area contributed by atoms with Crippen LogP contribution in [0, 0.1) is 19.8 Å². The number of amides is 1. The van der Waals surface area contributed by atoms with Crippen LogP contribution in [-0.2, 0) is 14.8 Å². The summed E-state index contributed by atoms with van der Waals surface area (Å²) >= 11 is 6.21. The van der Waals surface area contributed by atoms with Gasteiger partial charge in [0.25, 0.3) is 0 Å². The predicted octanol–water partition coefficient (Wildman–Crippen LogP) is 4.75. The molecule has 1 amide bonds. The number of nitrogens with one attached hydrogen (secondary N) is 1. The zero-order valence-electron chi connectivity index (χ0n) is 18.2. The van der Waals surface area contributed by atoms with E-state index in [1.807, 2.05) is 13.0 Å². The fraction of sp³-hybridized carbons (Fsp3) is 0.304. The number of nitrogens with zero attached hydrogens (tertiary/aromatic N) is 2. The Bertz CT molecular complexity index is 1270. The molecule has 0 radical (unpaired) electrons. The van der Waals surface area contributed by atoms with Crippen LogP contribution in [0.15, 0.2) is 50.4 Å². The predicted molar refractivity (Wildman–Crippen MR) is 125 cm³/mol. The fourth-order valence-electron chi connectivity index (χ4n) is 3.79. The number of carbonyl (C=O) groups excluding carboxylic acids is 1. The third-order valence-corrected chi connectivity index (χ3v) is 7.95. The van der Waals surface area contributed by atoms with Crippen LogP contribution in [0.1, 0.15) is 35.6 Å². The highest BCUT2D eigenvalue weighted by atomic mass is 35.5. The van der Waals surface area contributed by atoms with Crippen molar-refractivity contribution in [3.05, 3.63) is 64.4 Å². The number of hydrogen-bond donors (Lipinski definition) is 1. The Morgan fingerprint density at radius 2 is 1.97 bits per heavy atom. The summed E-state index contributed by atoms with van der Waals surface area (Å²) in [5.74, 6) is 0.224. The Kier molecular flexibility index (Phi) is 6.73. The van der Waals surface area contributed by atoms with Crippen molar-refractivity contribution in [2.45, 2.75) is 31.6 Å². The van der Waals surface area contributed by atoms with Crippen LogP contribution in [0.5, 0.6) is 0 Å². The molecule has 174 valence electrons. The molecule has 3 aromatic rings. The number of anilines is 1. The molecule has 8 nitrogen and oxygen atoms in total. The fourth-order valence-corrected chi connectivity index (χ4v) is 5.79. The molecule has 3 heterocycles. The zero-order valence-corrected chi connectivity index (χ0v) is 19.8. The van der Waals surface area contributed by atoms with E-state index in [-0.39, 0.29) is 41.3 Å². The van der Waals surface area contributed by atoms with E-state index in [9.17, 15) is 13.2 Å². The Balaban J connectivity index is 1.44. The second-order valence-corrected chi connectivity index (χ2v) is 10.2. The summed E-state index contributed by atoms with van der Waals surface area (Å²) in [6, 6.07) is 8.90. The first kappa shape index (κ1) is 23.3. The van der Waals surface area contributed by atoms with Crippen LogP contribution < -0.4 is 5.32 Å². The lowest BCUT2D eigenvalue weighted by Gasteiger charge is -2.30. The van der Waals surface area contributed by atoms with Crippen molar-refractivity contribution in [1.82, 2.24) is 9.46 Å². The van der Waals surface area contributed by atoms with E-state index in [0.29, 0.717) is 29.3 Å². The van der Waals surface area contributed by atoms with E-state index in [1.54, 1.807) is 37.3 Å². The number of furan rings is 1. The minimum atomic E-state index is -3.85. The Labute approximate surface area is 197 Å². The molecule has 0 unspecified atom stereocenters. The molecule has 1 fully saturated rings. The van der Waals surface area contributed by atoms with Gasteiger partial charge in [-0.3, -0.25) is 4.79 Å². The molecule has 0 spiro atoms. The maximum Gasteiger partial charge on any atom is 0.248 e. The quantitative estimate of drug-likeness (QED) is 0.535. The third kappa shape index (κ3) is 5.05. The number of aromatic nitrogens is 1. The molecule has 0 bridgehead atoms. The van der Waals surface area contributed by atoms with E-state index in [0.717, 1.165) is 5.56 Å². The summed E-state index contributed by atoms with van der Waals surface area (Å²) in [7, 11) is -3.85. The van der Waals surface area contributed by atoms with E-state index in [1.165, 1.54) is 16.6 Å². The molecule has 0 aliphatic carbocycles. The summed E-state index contributed by atoms with van der Waals surface area (Å²) in [5, 5.41) is 7.17. The van der Waals surface area contributed by atoms with Crippen LogP contribution in [0.4, 0.5) is 5.69 Å². The van der Waals surface area contributed by atoms with Gasteiger partial charge in [0.15, 0.2) is 10.7 Å². The zero-order chi connectivity index (χ0) is 23.6. The second-order valence-electron chi connectivity index (χ2n) is 7.96. The van der Waals surface area contributed by atoms with Gasteiger partial charge in [0.1, 0.15) is 11.5 Å². The Hall–Kier alpha value is -2.88. The number of benzene rings is 1. The second kappa shape index (κ2) is 9.54. The Morgan fingerprint density at radius 1 is 1.21 bits per heavy atom. The van der Waals surface area contributed by atoms with Crippen molar-refractivity contribution in [3.8, 4) is 0 Å². The average Bonchev–Trinajstić information content (AvgIpc) is 3.44. The lowest BCUT2D eigenvalue weighted by atomic mass is 9.97. The number of carbonyl (C=O) groups is 1. The maximum atomic E-state index is 13.3. The number of piperidine rings is 1. The van der Waals surface area contributed by atoms with Gasteiger partial charge >= 0.3 is 0 Å². The summed E-state index contributed by atoms with van der Waals surface area (Å²) in [5.41, 5.74) is 1.83. The van der Waals surface area contributed by atoms with Crippen LogP contribution in [-0.4, -0.2) is 36.9 Å². The van der Waals surface area contributed by atoms with Gasteiger partial charge in [-0.1, -0.05) is 22.8 Å². The maximum absolute atomic E-state index is 13.3. The molecule has 0 atom stereocenters. The molecule has 4 rings (SSSR count). The summed E-state index contributed by atoms with van der Waals surface area (Å²) in [6.45, 7) is 3.94. The third-order valence-electron chi connectivity index (χ3n) is 5.58. The highest BCUT2D eigenvalue weighted by molar-refractivity contribution is 7.89. The van der Waals surface area contributed by atoms with E-state index < -0.39 is 10.0 Å². The van der Waals surface area contributed by atoms with Crippen LogP contribution >= 0.6 is 11.6 Å². The molecule has 0 saturated carbocycles. The topological polar surface area (TPSA) is 106 Å². The Morgan fingerprint density at radius 3 is 2.64 bits per heavy atom. The van der Waals surface area contributed by atoms with Gasteiger partial charge in [-0.2, -0.15) is 4.31 Å².